The fourth-order valence-corrected chi connectivity index (χ4v) is 5.00. The van der Waals surface area contributed by atoms with Crippen molar-refractivity contribution in [2.24, 2.45) is 0 Å². The van der Waals surface area contributed by atoms with Crippen molar-refractivity contribution in [1.29, 1.82) is 0 Å². The van der Waals surface area contributed by atoms with Gasteiger partial charge in [0, 0.05) is 17.5 Å². The Balaban J connectivity index is 1.37. The summed E-state index contributed by atoms with van der Waals surface area (Å²) < 4.78 is 7.21. The molecule has 3 aromatic heterocycles. The van der Waals surface area contributed by atoms with Crippen LogP contribution >= 0.6 is 0 Å². The minimum atomic E-state index is -0.274. The Bertz CT molecular complexity index is 1720. The third-order valence-corrected chi connectivity index (χ3v) is 6.89. The van der Waals surface area contributed by atoms with Crippen LogP contribution < -0.4 is 10.7 Å². The van der Waals surface area contributed by atoms with Gasteiger partial charge in [-0.3, -0.25) is 9.59 Å². The molecular formula is C29H25N5O3. The number of aromatic nitrogens is 4. The molecule has 0 saturated heterocycles. The fourth-order valence-electron chi connectivity index (χ4n) is 5.00. The Morgan fingerprint density at radius 3 is 2.70 bits per heavy atom. The lowest BCUT2D eigenvalue weighted by molar-refractivity contribution is -0.122. The monoisotopic (exact) mass is 491 g/mol. The van der Waals surface area contributed by atoms with Gasteiger partial charge in [-0.15, -0.1) is 0 Å². The van der Waals surface area contributed by atoms with Crippen molar-refractivity contribution >= 4 is 16.9 Å². The van der Waals surface area contributed by atoms with Crippen LogP contribution in [0, 0.1) is 13.8 Å². The third-order valence-electron chi connectivity index (χ3n) is 6.89. The van der Waals surface area contributed by atoms with Crippen molar-refractivity contribution in [1.82, 2.24) is 25.0 Å². The molecule has 0 radical (unpaired) electrons. The van der Waals surface area contributed by atoms with Gasteiger partial charge in [0.05, 0.1) is 11.4 Å². The lowest BCUT2D eigenvalue weighted by atomic mass is 10.1. The van der Waals surface area contributed by atoms with E-state index in [1.807, 2.05) is 50.2 Å². The van der Waals surface area contributed by atoms with Crippen LogP contribution in [-0.4, -0.2) is 25.6 Å². The SMILES string of the molecule is Cc1ccc2c(=O)c(-c3nc(-c4ccccc4C)no3)cn(CC(=O)N[C@H]3CCc4ccccc43)c2n1. The molecule has 0 aliphatic heterocycles. The molecule has 0 spiro atoms. The van der Waals surface area contributed by atoms with Crippen LogP contribution in [-0.2, 0) is 17.8 Å². The van der Waals surface area contributed by atoms with E-state index in [9.17, 15) is 9.59 Å². The minimum Gasteiger partial charge on any atom is -0.348 e. The number of hydrogen-bond acceptors (Lipinski definition) is 6. The zero-order valence-electron chi connectivity index (χ0n) is 20.6. The van der Waals surface area contributed by atoms with Crippen molar-refractivity contribution in [2.45, 2.75) is 39.3 Å². The van der Waals surface area contributed by atoms with E-state index in [-0.39, 0.29) is 35.4 Å². The molecule has 37 heavy (non-hydrogen) atoms. The number of nitrogens with zero attached hydrogens (tertiary/aromatic N) is 4. The average Bonchev–Trinajstić information content (AvgIpc) is 3.54. The molecule has 2 aromatic carbocycles. The van der Waals surface area contributed by atoms with Gasteiger partial charge >= 0.3 is 0 Å². The number of benzene rings is 2. The molecule has 1 amide bonds. The summed E-state index contributed by atoms with van der Waals surface area (Å²) in [4.78, 5) is 35.7. The second kappa shape index (κ2) is 9.13. The van der Waals surface area contributed by atoms with Gasteiger partial charge in [0.25, 0.3) is 5.89 Å². The van der Waals surface area contributed by atoms with E-state index in [1.54, 1.807) is 22.9 Å². The number of amides is 1. The maximum absolute atomic E-state index is 13.4. The highest BCUT2D eigenvalue weighted by Gasteiger charge is 2.24. The number of pyridine rings is 2. The number of fused-ring (bicyclic) bond motifs is 2. The topological polar surface area (TPSA) is 103 Å². The highest BCUT2D eigenvalue weighted by Crippen LogP contribution is 2.31. The van der Waals surface area contributed by atoms with E-state index in [4.69, 9.17) is 4.52 Å². The number of carbonyl (C=O) groups excluding carboxylic acids is 1. The Morgan fingerprint density at radius 1 is 1.03 bits per heavy atom. The summed E-state index contributed by atoms with van der Waals surface area (Å²) in [5.74, 6) is 0.343. The maximum atomic E-state index is 13.4. The summed E-state index contributed by atoms with van der Waals surface area (Å²) in [5, 5.41) is 7.65. The molecule has 3 heterocycles. The minimum absolute atomic E-state index is 0.00229. The summed E-state index contributed by atoms with van der Waals surface area (Å²) in [7, 11) is 0. The van der Waals surface area contributed by atoms with Crippen LogP contribution in [0.4, 0.5) is 0 Å². The van der Waals surface area contributed by atoms with Gasteiger partial charge in [-0.1, -0.05) is 53.7 Å². The second-order valence-electron chi connectivity index (χ2n) is 9.42. The van der Waals surface area contributed by atoms with Crippen LogP contribution in [0.3, 0.4) is 0 Å². The van der Waals surface area contributed by atoms with Gasteiger partial charge in [-0.05, 0) is 55.5 Å². The first-order valence-electron chi connectivity index (χ1n) is 12.3. The first kappa shape index (κ1) is 22.8. The largest absolute Gasteiger partial charge is 0.348 e. The Morgan fingerprint density at radius 2 is 1.84 bits per heavy atom. The van der Waals surface area contributed by atoms with E-state index < -0.39 is 0 Å². The molecule has 184 valence electrons. The second-order valence-corrected chi connectivity index (χ2v) is 9.42. The van der Waals surface area contributed by atoms with Crippen molar-refractivity contribution in [3.8, 4) is 22.8 Å². The van der Waals surface area contributed by atoms with Crippen molar-refractivity contribution in [3.05, 3.63) is 99.5 Å². The number of carbonyl (C=O) groups is 1. The van der Waals surface area contributed by atoms with Crippen LogP contribution in [0.5, 0.6) is 0 Å². The molecule has 1 aliphatic rings. The summed E-state index contributed by atoms with van der Waals surface area (Å²) in [6.45, 7) is 3.81. The number of hydrogen-bond donors (Lipinski definition) is 1. The van der Waals surface area contributed by atoms with Crippen molar-refractivity contribution < 1.29 is 9.32 Å². The van der Waals surface area contributed by atoms with Gasteiger partial charge < -0.3 is 14.4 Å². The van der Waals surface area contributed by atoms with Crippen molar-refractivity contribution in [2.75, 3.05) is 0 Å². The van der Waals surface area contributed by atoms with Crippen LogP contribution in [0.2, 0.25) is 0 Å². The molecule has 5 aromatic rings. The molecule has 1 atom stereocenters. The smallest absolute Gasteiger partial charge is 0.263 e. The van der Waals surface area contributed by atoms with E-state index in [1.165, 1.54) is 5.56 Å². The summed E-state index contributed by atoms with van der Waals surface area (Å²) in [5.41, 5.74) is 5.38. The summed E-state index contributed by atoms with van der Waals surface area (Å²) in [6.07, 6.45) is 3.39. The normalized spacial score (nSPS) is 14.6. The van der Waals surface area contributed by atoms with Gasteiger partial charge in [-0.2, -0.15) is 4.98 Å². The van der Waals surface area contributed by atoms with Gasteiger partial charge in [0.2, 0.25) is 17.2 Å². The number of aryl methyl sites for hydroxylation is 3. The van der Waals surface area contributed by atoms with Crippen LogP contribution in [0.1, 0.15) is 34.8 Å². The van der Waals surface area contributed by atoms with Crippen molar-refractivity contribution in [3.63, 3.8) is 0 Å². The predicted octanol–water partition coefficient (Wildman–Crippen LogP) is 4.53. The predicted molar refractivity (Wildman–Crippen MR) is 140 cm³/mol. The van der Waals surface area contributed by atoms with Crippen LogP contribution in [0.15, 0.2) is 76.2 Å². The highest BCUT2D eigenvalue weighted by atomic mass is 16.5. The quantitative estimate of drug-likeness (QED) is 0.387. The average molecular weight is 492 g/mol. The molecular weight excluding hydrogens is 466 g/mol. The highest BCUT2D eigenvalue weighted by molar-refractivity contribution is 5.83. The Labute approximate surface area is 213 Å². The lowest BCUT2D eigenvalue weighted by Gasteiger charge is -2.16. The molecule has 0 saturated carbocycles. The summed E-state index contributed by atoms with van der Waals surface area (Å²) in [6, 6.07) is 19.4. The fraction of sp³-hybridized carbons (Fsp3) is 0.207. The standard InChI is InChI=1S/C29H25N5O3/c1-17-7-3-5-9-20(17)27-32-29(37-33-27)23-15-34(28-22(26(23)36)13-11-18(2)30-28)16-25(35)31-24-14-12-19-8-4-6-10-21(19)24/h3-11,13,15,24H,12,14,16H2,1-2H3,(H,31,35)/t24-/m0/s1. The lowest BCUT2D eigenvalue weighted by Crippen LogP contribution is -2.31. The molecule has 8 nitrogen and oxygen atoms in total. The molecule has 1 aliphatic carbocycles. The van der Waals surface area contributed by atoms with E-state index in [0.717, 1.165) is 35.2 Å². The first-order chi connectivity index (χ1) is 18.0. The van der Waals surface area contributed by atoms with Gasteiger partial charge in [-0.25, -0.2) is 4.98 Å². The van der Waals surface area contributed by atoms with Gasteiger partial charge in [0.15, 0.2) is 0 Å². The van der Waals surface area contributed by atoms with Crippen LogP contribution in [0.25, 0.3) is 33.9 Å². The molecule has 0 bridgehead atoms. The molecule has 0 fully saturated rings. The zero-order chi connectivity index (χ0) is 25.5. The Kier molecular flexibility index (Phi) is 5.64. The Hall–Kier alpha value is -4.59. The molecule has 0 unspecified atom stereocenters. The maximum Gasteiger partial charge on any atom is 0.263 e. The molecule has 1 N–H and O–H groups in total. The molecule has 8 heteroatoms. The van der Waals surface area contributed by atoms with E-state index >= 15 is 0 Å². The number of rotatable bonds is 5. The third kappa shape index (κ3) is 4.20. The summed E-state index contributed by atoms with van der Waals surface area (Å²) >= 11 is 0. The van der Waals surface area contributed by atoms with E-state index in [0.29, 0.717) is 16.9 Å². The van der Waals surface area contributed by atoms with E-state index in [2.05, 4.69) is 32.6 Å². The first-order valence-corrected chi connectivity index (χ1v) is 12.3. The number of nitrogens with one attached hydrogen (secondary N) is 1. The van der Waals surface area contributed by atoms with Gasteiger partial charge in [0.1, 0.15) is 17.8 Å². The zero-order valence-corrected chi connectivity index (χ0v) is 20.6. The molecule has 6 rings (SSSR count).